The number of carbonyl (C=O) groups excluding carboxylic acids is 1. The molecule has 1 aliphatic rings. The van der Waals surface area contributed by atoms with Gasteiger partial charge in [-0.25, -0.2) is 0 Å². The summed E-state index contributed by atoms with van der Waals surface area (Å²) in [5.41, 5.74) is 9.09. The number of fused-ring (bicyclic) bond motifs is 3. The molecule has 2 aromatic carbocycles. The van der Waals surface area contributed by atoms with Gasteiger partial charge >= 0.3 is 0 Å². The minimum absolute atomic E-state index is 0.424. The lowest BCUT2D eigenvalue weighted by Gasteiger charge is -2.34. The Kier molecular flexibility index (Phi) is 3.73. The van der Waals surface area contributed by atoms with Crippen LogP contribution in [0.1, 0.15) is 10.4 Å². The zero-order valence-corrected chi connectivity index (χ0v) is 15.1. The van der Waals surface area contributed by atoms with E-state index in [0.717, 1.165) is 52.5 Å². The average Bonchev–Trinajstić information content (AvgIpc) is 2.92. The van der Waals surface area contributed by atoms with Crippen LogP contribution in [-0.2, 0) is 0 Å². The van der Waals surface area contributed by atoms with Crippen molar-refractivity contribution in [2.75, 3.05) is 38.1 Å². The lowest BCUT2D eigenvalue weighted by atomic mass is 10.1. The molecule has 1 amide bonds. The molecule has 0 unspecified atom stereocenters. The van der Waals surface area contributed by atoms with Crippen molar-refractivity contribution in [2.45, 2.75) is 0 Å². The SMILES string of the molecule is CN1CCN(c2ccc3c(c2)[nH]c2c(C(N)=O)cc(Br)cc23)CC1. The number of H-pyrrole nitrogens is 1. The van der Waals surface area contributed by atoms with E-state index in [1.165, 1.54) is 5.69 Å². The zero-order valence-electron chi connectivity index (χ0n) is 13.5. The highest BCUT2D eigenvalue weighted by atomic mass is 79.9. The van der Waals surface area contributed by atoms with Crippen LogP contribution < -0.4 is 10.6 Å². The Balaban J connectivity index is 1.84. The first-order valence-electron chi connectivity index (χ1n) is 8.01. The predicted molar refractivity (Wildman–Crippen MR) is 102 cm³/mol. The zero-order chi connectivity index (χ0) is 16.8. The van der Waals surface area contributed by atoms with E-state index >= 15 is 0 Å². The first-order valence-corrected chi connectivity index (χ1v) is 8.80. The second kappa shape index (κ2) is 5.79. The van der Waals surface area contributed by atoms with Crippen LogP contribution in [0.25, 0.3) is 21.8 Å². The van der Waals surface area contributed by atoms with Crippen LogP contribution in [0.15, 0.2) is 34.8 Å². The average molecular weight is 387 g/mol. The Labute approximate surface area is 148 Å². The van der Waals surface area contributed by atoms with Gasteiger partial charge < -0.3 is 20.5 Å². The number of halogens is 1. The highest BCUT2D eigenvalue weighted by Crippen LogP contribution is 2.33. The fourth-order valence-corrected chi connectivity index (χ4v) is 3.87. The smallest absolute Gasteiger partial charge is 0.250 e. The number of aromatic amines is 1. The number of benzene rings is 2. The van der Waals surface area contributed by atoms with Crippen molar-refractivity contribution in [3.05, 3.63) is 40.4 Å². The maximum Gasteiger partial charge on any atom is 0.250 e. The second-order valence-electron chi connectivity index (χ2n) is 6.39. The molecule has 24 heavy (non-hydrogen) atoms. The van der Waals surface area contributed by atoms with Crippen molar-refractivity contribution in [3.63, 3.8) is 0 Å². The maximum absolute atomic E-state index is 11.8. The molecule has 1 aromatic heterocycles. The summed E-state index contributed by atoms with van der Waals surface area (Å²) in [7, 11) is 2.15. The summed E-state index contributed by atoms with van der Waals surface area (Å²) in [4.78, 5) is 19.9. The lowest BCUT2D eigenvalue weighted by Crippen LogP contribution is -2.44. The molecule has 124 valence electrons. The second-order valence-corrected chi connectivity index (χ2v) is 7.30. The van der Waals surface area contributed by atoms with E-state index in [-0.39, 0.29) is 0 Å². The molecule has 0 saturated carbocycles. The van der Waals surface area contributed by atoms with Crippen molar-refractivity contribution in [1.29, 1.82) is 0 Å². The Morgan fingerprint density at radius 1 is 1.12 bits per heavy atom. The molecule has 3 aromatic rings. The van der Waals surface area contributed by atoms with Gasteiger partial charge in [-0.2, -0.15) is 0 Å². The summed E-state index contributed by atoms with van der Waals surface area (Å²) in [5, 5.41) is 2.12. The van der Waals surface area contributed by atoms with Crippen LogP contribution in [0, 0.1) is 0 Å². The third-order valence-corrected chi connectivity index (χ3v) is 5.25. The van der Waals surface area contributed by atoms with Gasteiger partial charge in [0.15, 0.2) is 0 Å². The number of nitrogens with two attached hydrogens (primary N) is 1. The molecule has 2 heterocycles. The third-order valence-electron chi connectivity index (χ3n) is 4.79. The molecule has 0 aliphatic carbocycles. The van der Waals surface area contributed by atoms with Crippen LogP contribution in [0.5, 0.6) is 0 Å². The van der Waals surface area contributed by atoms with Crippen LogP contribution in [-0.4, -0.2) is 49.0 Å². The molecule has 4 rings (SSSR count). The lowest BCUT2D eigenvalue weighted by molar-refractivity contribution is 0.100. The number of nitrogens with one attached hydrogen (secondary N) is 1. The van der Waals surface area contributed by atoms with Gasteiger partial charge in [0.05, 0.1) is 11.1 Å². The molecule has 1 aliphatic heterocycles. The van der Waals surface area contributed by atoms with E-state index in [1.807, 2.05) is 6.07 Å². The quantitative estimate of drug-likeness (QED) is 0.711. The van der Waals surface area contributed by atoms with Crippen molar-refractivity contribution in [3.8, 4) is 0 Å². The van der Waals surface area contributed by atoms with Gasteiger partial charge in [-0.15, -0.1) is 0 Å². The van der Waals surface area contributed by atoms with Gasteiger partial charge in [0.25, 0.3) is 5.91 Å². The van der Waals surface area contributed by atoms with E-state index in [0.29, 0.717) is 5.56 Å². The number of amides is 1. The molecular formula is C18H19BrN4O. The third kappa shape index (κ3) is 2.56. The number of rotatable bonds is 2. The van der Waals surface area contributed by atoms with Crippen LogP contribution >= 0.6 is 15.9 Å². The van der Waals surface area contributed by atoms with E-state index in [4.69, 9.17) is 5.73 Å². The molecule has 5 nitrogen and oxygen atoms in total. The Morgan fingerprint density at radius 3 is 2.58 bits per heavy atom. The monoisotopic (exact) mass is 386 g/mol. The molecule has 1 fully saturated rings. The summed E-state index contributed by atoms with van der Waals surface area (Å²) in [6.07, 6.45) is 0. The Hall–Kier alpha value is -2.05. The maximum atomic E-state index is 11.8. The number of carbonyl (C=O) groups is 1. The van der Waals surface area contributed by atoms with E-state index in [1.54, 1.807) is 6.07 Å². The van der Waals surface area contributed by atoms with E-state index in [2.05, 4.69) is 56.0 Å². The largest absolute Gasteiger partial charge is 0.369 e. The minimum atomic E-state index is -0.424. The van der Waals surface area contributed by atoms with Crippen molar-refractivity contribution in [1.82, 2.24) is 9.88 Å². The van der Waals surface area contributed by atoms with Gasteiger partial charge in [0.1, 0.15) is 0 Å². The highest BCUT2D eigenvalue weighted by Gasteiger charge is 2.17. The van der Waals surface area contributed by atoms with Crippen LogP contribution in [0.2, 0.25) is 0 Å². The summed E-state index contributed by atoms with van der Waals surface area (Å²) < 4.78 is 0.854. The summed E-state index contributed by atoms with van der Waals surface area (Å²) >= 11 is 3.47. The highest BCUT2D eigenvalue weighted by molar-refractivity contribution is 9.10. The number of aromatic nitrogens is 1. The topological polar surface area (TPSA) is 65.4 Å². The molecule has 0 radical (unpaired) electrons. The van der Waals surface area contributed by atoms with E-state index < -0.39 is 5.91 Å². The van der Waals surface area contributed by atoms with Crippen molar-refractivity contribution >= 4 is 49.3 Å². The molecule has 6 heteroatoms. The molecule has 0 atom stereocenters. The number of hydrogen-bond donors (Lipinski definition) is 2. The molecule has 3 N–H and O–H groups in total. The number of nitrogens with zero attached hydrogens (tertiary/aromatic N) is 2. The van der Waals surface area contributed by atoms with Gasteiger partial charge in [0, 0.05) is 52.6 Å². The number of hydrogen-bond acceptors (Lipinski definition) is 3. The Bertz CT molecular complexity index is 941. The van der Waals surface area contributed by atoms with Gasteiger partial charge in [0.2, 0.25) is 0 Å². The minimum Gasteiger partial charge on any atom is -0.369 e. The van der Waals surface area contributed by atoms with Gasteiger partial charge in [-0.3, -0.25) is 4.79 Å². The summed E-state index contributed by atoms with van der Waals surface area (Å²) in [5.74, 6) is -0.424. The molecular weight excluding hydrogens is 368 g/mol. The molecule has 0 spiro atoms. The standard InChI is InChI=1S/C18H19BrN4O/c1-22-4-6-23(7-5-22)12-2-3-13-14-8-11(19)9-15(18(20)24)17(14)21-16(13)10-12/h2-3,8-10,21H,4-7H2,1H3,(H2,20,24). The number of piperazine rings is 1. The van der Waals surface area contributed by atoms with Crippen LogP contribution in [0.3, 0.4) is 0 Å². The van der Waals surface area contributed by atoms with Crippen LogP contribution in [0.4, 0.5) is 5.69 Å². The van der Waals surface area contributed by atoms with Crippen molar-refractivity contribution < 1.29 is 4.79 Å². The summed E-state index contributed by atoms with van der Waals surface area (Å²) in [6, 6.07) is 10.2. The predicted octanol–water partition coefficient (Wildman–Crippen LogP) is 2.93. The fourth-order valence-electron chi connectivity index (χ4n) is 3.41. The van der Waals surface area contributed by atoms with Gasteiger partial charge in [-0.1, -0.05) is 22.0 Å². The first kappa shape index (κ1) is 15.5. The fraction of sp³-hybridized carbons (Fsp3) is 0.278. The van der Waals surface area contributed by atoms with Gasteiger partial charge in [-0.05, 0) is 31.3 Å². The molecule has 1 saturated heterocycles. The Morgan fingerprint density at radius 2 is 1.88 bits per heavy atom. The number of likely N-dealkylation sites (N-methyl/N-ethyl adjacent to an activating group) is 1. The molecule has 0 bridgehead atoms. The first-order chi connectivity index (χ1) is 11.5. The van der Waals surface area contributed by atoms with E-state index in [9.17, 15) is 4.79 Å². The normalized spacial score (nSPS) is 16.2. The van der Waals surface area contributed by atoms with Crippen molar-refractivity contribution in [2.24, 2.45) is 5.73 Å². The number of anilines is 1. The number of primary amides is 1. The summed E-state index contributed by atoms with van der Waals surface area (Å²) in [6.45, 7) is 4.20.